The molecule has 0 saturated heterocycles. The molecular formula is C18H34N6O6S. The van der Waals surface area contributed by atoms with Gasteiger partial charge in [0, 0.05) is 5.75 Å². The molecule has 0 saturated carbocycles. The first kappa shape index (κ1) is 28.6. The van der Waals surface area contributed by atoms with E-state index in [4.69, 9.17) is 22.3 Å². The van der Waals surface area contributed by atoms with Crippen molar-refractivity contribution in [3.05, 3.63) is 0 Å². The highest BCUT2D eigenvalue weighted by Crippen LogP contribution is 2.06. The summed E-state index contributed by atoms with van der Waals surface area (Å²) in [4.78, 5) is 60.0. The second kappa shape index (κ2) is 14.6. The maximum Gasteiger partial charge on any atom is 0.327 e. The standard InChI is InChI=1S/C18H34N6O6S/c1-9(2)14(21)17(28)22-10(5-3-4-6-19)15(26)23-11(7-13(20)25)16(27)24-12(8-31)18(29)30/h9-12,14,31H,3-8,19,21H2,1-2H3,(H2,20,25)(H,22,28)(H,23,26)(H,24,27)(H,29,30). The van der Waals surface area contributed by atoms with Gasteiger partial charge in [0.25, 0.3) is 0 Å². The number of nitrogens with one attached hydrogen (secondary N) is 3. The van der Waals surface area contributed by atoms with E-state index in [9.17, 15) is 24.0 Å². The SMILES string of the molecule is CC(C)C(N)C(=O)NC(CCCCN)C(=O)NC(CC(N)=O)C(=O)NC(CS)C(=O)O. The molecular weight excluding hydrogens is 428 g/mol. The Labute approximate surface area is 186 Å². The highest BCUT2D eigenvalue weighted by Gasteiger charge is 2.31. The lowest BCUT2D eigenvalue weighted by molar-refractivity contribution is -0.141. The maximum atomic E-state index is 12.8. The van der Waals surface area contributed by atoms with Crippen molar-refractivity contribution in [2.24, 2.45) is 23.1 Å². The minimum Gasteiger partial charge on any atom is -0.480 e. The highest BCUT2D eigenvalue weighted by molar-refractivity contribution is 7.80. The number of nitrogens with two attached hydrogens (primary N) is 3. The van der Waals surface area contributed by atoms with E-state index in [0.717, 1.165) is 0 Å². The summed E-state index contributed by atoms with van der Waals surface area (Å²) in [5.41, 5.74) is 16.5. The number of rotatable bonds is 15. The zero-order valence-electron chi connectivity index (χ0n) is 17.8. The van der Waals surface area contributed by atoms with Crippen LogP contribution in [0.5, 0.6) is 0 Å². The van der Waals surface area contributed by atoms with Gasteiger partial charge in [0.1, 0.15) is 18.1 Å². The average molecular weight is 463 g/mol. The molecule has 0 bridgehead atoms. The lowest BCUT2D eigenvalue weighted by Crippen LogP contribution is -2.58. The van der Waals surface area contributed by atoms with E-state index in [1.54, 1.807) is 13.8 Å². The van der Waals surface area contributed by atoms with Crippen LogP contribution >= 0.6 is 12.6 Å². The molecule has 0 fully saturated rings. The molecule has 0 spiro atoms. The molecule has 4 atom stereocenters. The fourth-order valence-electron chi connectivity index (χ4n) is 2.47. The van der Waals surface area contributed by atoms with Gasteiger partial charge in [-0.1, -0.05) is 13.8 Å². The Hall–Kier alpha value is -2.38. The number of carboxylic acid groups (broad SMARTS) is 1. The van der Waals surface area contributed by atoms with Crippen LogP contribution in [0.15, 0.2) is 0 Å². The predicted octanol–water partition coefficient (Wildman–Crippen LogP) is -2.56. The van der Waals surface area contributed by atoms with Crippen molar-refractivity contribution in [1.29, 1.82) is 0 Å². The smallest absolute Gasteiger partial charge is 0.327 e. The van der Waals surface area contributed by atoms with E-state index in [-0.39, 0.29) is 18.1 Å². The Balaban J connectivity index is 5.43. The molecule has 0 aliphatic carbocycles. The van der Waals surface area contributed by atoms with Crippen molar-refractivity contribution in [3.63, 3.8) is 0 Å². The molecule has 12 nitrogen and oxygen atoms in total. The largest absolute Gasteiger partial charge is 0.480 e. The summed E-state index contributed by atoms with van der Waals surface area (Å²) in [5, 5.41) is 16.2. The van der Waals surface area contributed by atoms with Crippen molar-refractivity contribution < 1.29 is 29.1 Å². The van der Waals surface area contributed by atoms with Crippen LogP contribution in [-0.4, -0.2) is 71.2 Å². The van der Waals surface area contributed by atoms with Crippen LogP contribution in [0.1, 0.15) is 39.5 Å². The van der Waals surface area contributed by atoms with Gasteiger partial charge in [-0.25, -0.2) is 4.79 Å². The summed E-state index contributed by atoms with van der Waals surface area (Å²) < 4.78 is 0. The maximum absolute atomic E-state index is 12.8. The third-order valence-electron chi connectivity index (χ3n) is 4.44. The number of amides is 4. The van der Waals surface area contributed by atoms with E-state index >= 15 is 0 Å². The average Bonchev–Trinajstić information content (AvgIpc) is 2.68. The molecule has 0 rings (SSSR count). The van der Waals surface area contributed by atoms with Crippen LogP contribution in [0.4, 0.5) is 0 Å². The summed E-state index contributed by atoms with van der Waals surface area (Å²) >= 11 is 3.85. The van der Waals surface area contributed by atoms with Crippen molar-refractivity contribution in [1.82, 2.24) is 16.0 Å². The lowest BCUT2D eigenvalue weighted by atomic mass is 10.0. The number of carbonyl (C=O) groups is 5. The number of carboxylic acids is 1. The quantitative estimate of drug-likeness (QED) is 0.0953. The molecule has 0 aromatic heterocycles. The fourth-order valence-corrected chi connectivity index (χ4v) is 2.72. The molecule has 13 heteroatoms. The Morgan fingerprint density at radius 1 is 0.903 bits per heavy atom. The Kier molecular flexibility index (Phi) is 13.5. The minimum absolute atomic E-state index is 0.171. The van der Waals surface area contributed by atoms with Crippen LogP contribution in [0.25, 0.3) is 0 Å². The predicted molar refractivity (Wildman–Crippen MR) is 117 cm³/mol. The third kappa shape index (κ3) is 11.0. The summed E-state index contributed by atoms with van der Waals surface area (Å²) in [6.07, 6.45) is 0.771. The van der Waals surface area contributed by atoms with Crippen molar-refractivity contribution in [2.75, 3.05) is 12.3 Å². The number of aliphatic carboxylic acids is 1. The molecule has 4 unspecified atom stereocenters. The van der Waals surface area contributed by atoms with E-state index in [2.05, 4.69) is 28.6 Å². The van der Waals surface area contributed by atoms with Gasteiger partial charge in [-0.05, 0) is 31.7 Å². The summed E-state index contributed by atoms with van der Waals surface area (Å²) in [6.45, 7) is 3.89. The van der Waals surface area contributed by atoms with Gasteiger partial charge >= 0.3 is 5.97 Å². The van der Waals surface area contributed by atoms with Gasteiger partial charge in [-0.2, -0.15) is 12.6 Å². The molecule has 0 aliphatic rings. The summed E-state index contributed by atoms with van der Waals surface area (Å²) in [5.74, 6) is -4.79. The van der Waals surface area contributed by atoms with Crippen LogP contribution in [0.3, 0.4) is 0 Å². The van der Waals surface area contributed by atoms with Gasteiger partial charge in [0.05, 0.1) is 12.5 Å². The molecule has 0 aromatic carbocycles. The zero-order chi connectivity index (χ0) is 24.1. The van der Waals surface area contributed by atoms with Crippen molar-refractivity contribution >= 4 is 42.2 Å². The first-order chi connectivity index (χ1) is 14.4. The molecule has 0 aromatic rings. The molecule has 0 aliphatic heterocycles. The highest BCUT2D eigenvalue weighted by atomic mass is 32.1. The minimum atomic E-state index is -1.43. The van der Waals surface area contributed by atoms with Gasteiger partial charge in [0.15, 0.2) is 0 Å². The van der Waals surface area contributed by atoms with Gasteiger partial charge in [-0.3, -0.25) is 19.2 Å². The lowest BCUT2D eigenvalue weighted by Gasteiger charge is -2.25. The molecule has 178 valence electrons. The molecule has 10 N–H and O–H groups in total. The number of carbonyl (C=O) groups excluding carboxylic acids is 4. The van der Waals surface area contributed by atoms with Crippen molar-refractivity contribution in [3.8, 4) is 0 Å². The Morgan fingerprint density at radius 2 is 1.42 bits per heavy atom. The molecule has 31 heavy (non-hydrogen) atoms. The Bertz CT molecular complexity index is 647. The molecule has 0 heterocycles. The fraction of sp³-hybridized carbons (Fsp3) is 0.722. The number of hydrogen-bond donors (Lipinski definition) is 8. The summed E-state index contributed by atoms with van der Waals surface area (Å²) in [7, 11) is 0. The van der Waals surface area contributed by atoms with Crippen LogP contribution < -0.4 is 33.2 Å². The second-order valence-corrected chi connectivity index (χ2v) is 7.79. The topological polar surface area (TPSA) is 220 Å². The second-order valence-electron chi connectivity index (χ2n) is 7.43. The van der Waals surface area contributed by atoms with E-state index in [1.165, 1.54) is 0 Å². The van der Waals surface area contributed by atoms with Crippen molar-refractivity contribution in [2.45, 2.75) is 63.7 Å². The third-order valence-corrected chi connectivity index (χ3v) is 4.80. The van der Waals surface area contributed by atoms with Crippen LogP contribution in [0, 0.1) is 5.92 Å². The first-order valence-corrected chi connectivity index (χ1v) is 10.6. The number of hydrogen-bond acceptors (Lipinski definition) is 8. The number of unbranched alkanes of at least 4 members (excludes halogenated alkanes) is 1. The van der Waals surface area contributed by atoms with Crippen LogP contribution in [0.2, 0.25) is 0 Å². The van der Waals surface area contributed by atoms with Gasteiger partial charge in [-0.15, -0.1) is 0 Å². The number of primary amides is 1. The van der Waals surface area contributed by atoms with E-state index < -0.39 is 60.2 Å². The first-order valence-electron chi connectivity index (χ1n) is 9.93. The van der Waals surface area contributed by atoms with Gasteiger partial charge < -0.3 is 38.3 Å². The zero-order valence-corrected chi connectivity index (χ0v) is 18.7. The Morgan fingerprint density at radius 3 is 1.87 bits per heavy atom. The monoisotopic (exact) mass is 462 g/mol. The van der Waals surface area contributed by atoms with Gasteiger partial charge in [0.2, 0.25) is 23.6 Å². The molecule has 0 radical (unpaired) electrons. The normalized spacial score (nSPS) is 14.8. The number of thiol groups is 1. The van der Waals surface area contributed by atoms with E-state index in [0.29, 0.717) is 19.4 Å². The van der Waals surface area contributed by atoms with Crippen LogP contribution in [-0.2, 0) is 24.0 Å². The van der Waals surface area contributed by atoms with E-state index in [1.807, 2.05) is 0 Å². The molecule has 4 amide bonds. The summed E-state index contributed by atoms with van der Waals surface area (Å²) in [6, 6.07) is -4.64.